The number of para-hydroxylation sites is 1. The van der Waals surface area contributed by atoms with Crippen molar-refractivity contribution in [2.75, 3.05) is 44.2 Å². The minimum Gasteiger partial charge on any atom is -0.361 e. The van der Waals surface area contributed by atoms with E-state index in [1.54, 1.807) is 4.90 Å². The number of piperazine rings is 1. The first-order valence-corrected chi connectivity index (χ1v) is 11.4. The number of nitrogens with one attached hydrogen (secondary N) is 2. The number of amides is 2. The molecule has 2 fully saturated rings. The maximum atomic E-state index is 12.4. The van der Waals surface area contributed by atoms with Gasteiger partial charge in [0.25, 0.3) is 0 Å². The Labute approximate surface area is 159 Å². The van der Waals surface area contributed by atoms with Crippen LogP contribution in [0.4, 0.5) is 4.79 Å². The molecule has 8 heteroatoms. The number of fused-ring (bicyclic) bond motifs is 1. The summed E-state index contributed by atoms with van der Waals surface area (Å²) in [6.07, 6.45) is 3.60. The molecule has 2 aliphatic rings. The first kappa shape index (κ1) is 18.3. The second kappa shape index (κ2) is 7.52. The lowest BCUT2D eigenvalue weighted by atomic mass is 10.1. The van der Waals surface area contributed by atoms with E-state index in [-0.39, 0.29) is 23.6 Å². The first-order valence-electron chi connectivity index (χ1n) is 9.53. The fourth-order valence-corrected chi connectivity index (χ4v) is 5.64. The van der Waals surface area contributed by atoms with Crippen molar-refractivity contribution in [3.8, 4) is 0 Å². The molecule has 2 amide bonds. The highest BCUT2D eigenvalue weighted by Crippen LogP contribution is 2.18. The largest absolute Gasteiger partial charge is 0.361 e. The molecule has 146 valence electrons. The molecule has 27 heavy (non-hydrogen) atoms. The van der Waals surface area contributed by atoms with Crippen molar-refractivity contribution < 1.29 is 13.2 Å². The average molecular weight is 391 g/mol. The highest BCUT2D eigenvalue weighted by atomic mass is 32.2. The average Bonchev–Trinajstić information content (AvgIpc) is 3.23. The van der Waals surface area contributed by atoms with Crippen molar-refractivity contribution in [3.63, 3.8) is 0 Å². The fraction of sp³-hybridized carbons (Fsp3) is 0.526. The van der Waals surface area contributed by atoms with Crippen LogP contribution in [0.2, 0.25) is 0 Å². The van der Waals surface area contributed by atoms with E-state index in [9.17, 15) is 13.2 Å². The van der Waals surface area contributed by atoms with Crippen LogP contribution >= 0.6 is 0 Å². The van der Waals surface area contributed by atoms with Crippen LogP contribution in [0.3, 0.4) is 0 Å². The van der Waals surface area contributed by atoms with E-state index >= 15 is 0 Å². The number of aromatic nitrogens is 1. The van der Waals surface area contributed by atoms with E-state index < -0.39 is 9.84 Å². The van der Waals surface area contributed by atoms with Gasteiger partial charge >= 0.3 is 6.03 Å². The lowest BCUT2D eigenvalue weighted by Crippen LogP contribution is -2.53. The molecule has 4 rings (SSSR count). The van der Waals surface area contributed by atoms with Crippen LogP contribution in [0.5, 0.6) is 0 Å². The van der Waals surface area contributed by atoms with Gasteiger partial charge in [-0.1, -0.05) is 18.2 Å². The van der Waals surface area contributed by atoms with Crippen molar-refractivity contribution in [1.82, 2.24) is 20.1 Å². The molecule has 0 spiro atoms. The topological polar surface area (TPSA) is 85.5 Å². The van der Waals surface area contributed by atoms with Crippen LogP contribution in [-0.2, 0) is 16.3 Å². The zero-order chi connectivity index (χ0) is 18.9. The molecule has 7 nitrogen and oxygen atoms in total. The van der Waals surface area contributed by atoms with Crippen LogP contribution < -0.4 is 5.32 Å². The number of urea groups is 1. The first-order chi connectivity index (χ1) is 13.0. The number of nitrogens with zero attached hydrogens (tertiary/aromatic N) is 2. The number of benzene rings is 1. The molecule has 1 atom stereocenters. The zero-order valence-electron chi connectivity index (χ0n) is 15.4. The molecule has 1 aromatic carbocycles. The molecule has 0 aliphatic carbocycles. The minimum atomic E-state index is -2.97. The second-order valence-electron chi connectivity index (χ2n) is 7.49. The maximum Gasteiger partial charge on any atom is 0.317 e. The van der Waals surface area contributed by atoms with Gasteiger partial charge in [0, 0.05) is 55.9 Å². The summed E-state index contributed by atoms with van der Waals surface area (Å²) in [5, 5.41) is 4.16. The van der Waals surface area contributed by atoms with E-state index in [1.165, 1.54) is 16.5 Å². The van der Waals surface area contributed by atoms with Gasteiger partial charge in [-0.05, 0) is 24.5 Å². The lowest BCUT2D eigenvalue weighted by molar-refractivity contribution is 0.138. The minimum absolute atomic E-state index is 0.0727. The molecule has 3 heterocycles. The number of sulfone groups is 1. The monoisotopic (exact) mass is 390 g/mol. The Balaban J connectivity index is 1.23. The van der Waals surface area contributed by atoms with Gasteiger partial charge in [0.1, 0.15) is 0 Å². The number of aromatic amines is 1. The van der Waals surface area contributed by atoms with Gasteiger partial charge in [-0.25, -0.2) is 13.2 Å². The molecule has 0 saturated carbocycles. The van der Waals surface area contributed by atoms with E-state index in [4.69, 9.17) is 0 Å². The van der Waals surface area contributed by atoms with Gasteiger partial charge in [0.05, 0.1) is 11.5 Å². The SMILES string of the molecule is O=C(NC1CCS(=O)(=O)C1)N1CCN(CCc2c[nH]c3ccccc23)CC1. The standard InChI is InChI=1S/C19H26N4O3S/c24-19(21-16-6-12-27(25,26)14-16)23-10-8-22(9-11-23)7-5-15-13-20-18-4-2-1-3-17(15)18/h1-4,13,16,20H,5-12,14H2,(H,21,24). The summed E-state index contributed by atoms with van der Waals surface area (Å²) in [5.41, 5.74) is 2.50. The highest BCUT2D eigenvalue weighted by Gasteiger charge is 2.30. The number of carbonyl (C=O) groups excluding carboxylic acids is 1. The number of hydrogen-bond acceptors (Lipinski definition) is 4. The predicted octanol–water partition coefficient (Wildman–Crippen LogP) is 1.22. The predicted molar refractivity (Wildman–Crippen MR) is 106 cm³/mol. The number of hydrogen-bond donors (Lipinski definition) is 2. The van der Waals surface area contributed by atoms with Crippen LogP contribution in [0, 0.1) is 0 Å². The molecule has 2 N–H and O–H groups in total. The molecule has 2 aliphatic heterocycles. The Morgan fingerprint density at radius 3 is 2.70 bits per heavy atom. The molecule has 0 bridgehead atoms. The third-order valence-electron chi connectivity index (χ3n) is 5.59. The van der Waals surface area contributed by atoms with Crippen LogP contribution in [-0.4, -0.2) is 79.5 Å². The number of carbonyl (C=O) groups is 1. The molecule has 1 unspecified atom stereocenters. The summed E-state index contributed by atoms with van der Waals surface area (Å²) >= 11 is 0. The van der Waals surface area contributed by atoms with Crippen LogP contribution in [0.15, 0.2) is 30.5 Å². The highest BCUT2D eigenvalue weighted by molar-refractivity contribution is 7.91. The Kier molecular flexibility index (Phi) is 5.10. The zero-order valence-corrected chi connectivity index (χ0v) is 16.2. The van der Waals surface area contributed by atoms with Gasteiger partial charge in [0.2, 0.25) is 0 Å². The van der Waals surface area contributed by atoms with Crippen LogP contribution in [0.25, 0.3) is 10.9 Å². The molecule has 0 radical (unpaired) electrons. The molecular weight excluding hydrogens is 364 g/mol. The quantitative estimate of drug-likeness (QED) is 0.822. The normalized spacial score (nSPS) is 23.0. The van der Waals surface area contributed by atoms with Crippen molar-refractivity contribution >= 4 is 26.8 Å². The smallest absolute Gasteiger partial charge is 0.317 e. The molecule has 2 aromatic rings. The summed E-state index contributed by atoms with van der Waals surface area (Å²) in [6.45, 7) is 4.02. The Bertz CT molecular complexity index is 916. The summed E-state index contributed by atoms with van der Waals surface area (Å²) in [4.78, 5) is 19.9. The van der Waals surface area contributed by atoms with Gasteiger partial charge in [-0.15, -0.1) is 0 Å². The third kappa shape index (κ3) is 4.27. The van der Waals surface area contributed by atoms with E-state index in [2.05, 4.69) is 39.6 Å². The number of H-pyrrole nitrogens is 1. The van der Waals surface area contributed by atoms with Gasteiger partial charge in [0.15, 0.2) is 9.84 Å². The van der Waals surface area contributed by atoms with Crippen LogP contribution in [0.1, 0.15) is 12.0 Å². The van der Waals surface area contributed by atoms with Crippen molar-refractivity contribution in [3.05, 3.63) is 36.0 Å². The van der Waals surface area contributed by atoms with Crippen molar-refractivity contribution in [2.45, 2.75) is 18.9 Å². The summed E-state index contributed by atoms with van der Waals surface area (Å²) in [6, 6.07) is 7.97. The summed E-state index contributed by atoms with van der Waals surface area (Å²) < 4.78 is 23.0. The molecular formula is C19H26N4O3S. The lowest BCUT2D eigenvalue weighted by Gasteiger charge is -2.35. The summed E-state index contributed by atoms with van der Waals surface area (Å²) in [7, 11) is -2.97. The maximum absolute atomic E-state index is 12.4. The Hall–Kier alpha value is -2.06. The second-order valence-corrected chi connectivity index (χ2v) is 9.72. The van der Waals surface area contributed by atoms with E-state index in [0.717, 1.165) is 26.1 Å². The van der Waals surface area contributed by atoms with Gasteiger partial charge in [-0.2, -0.15) is 0 Å². The molecule has 1 aromatic heterocycles. The third-order valence-corrected chi connectivity index (χ3v) is 7.36. The summed E-state index contributed by atoms with van der Waals surface area (Å²) in [5.74, 6) is 0.253. The van der Waals surface area contributed by atoms with Crippen molar-refractivity contribution in [2.24, 2.45) is 0 Å². The van der Waals surface area contributed by atoms with Crippen molar-refractivity contribution in [1.29, 1.82) is 0 Å². The van der Waals surface area contributed by atoms with Gasteiger partial charge in [-0.3, -0.25) is 4.90 Å². The van der Waals surface area contributed by atoms with E-state index in [0.29, 0.717) is 19.5 Å². The van der Waals surface area contributed by atoms with Gasteiger partial charge < -0.3 is 15.2 Å². The Morgan fingerprint density at radius 1 is 1.19 bits per heavy atom. The Morgan fingerprint density at radius 2 is 1.96 bits per heavy atom. The fourth-order valence-electron chi connectivity index (χ4n) is 3.97. The number of rotatable bonds is 4. The molecule has 2 saturated heterocycles. The van der Waals surface area contributed by atoms with E-state index in [1.807, 2.05) is 6.07 Å².